The van der Waals surface area contributed by atoms with Gasteiger partial charge in [-0.05, 0) is 6.92 Å². The smallest absolute Gasteiger partial charge is 0.349 e. The van der Waals surface area contributed by atoms with E-state index in [1.165, 1.54) is 6.92 Å². The second kappa shape index (κ2) is 4.59. The number of likely N-dealkylation sites (N-methyl/N-ethyl adjacent to an activating group) is 1. The molecular weight excluding hydrogens is 206 g/mol. The molecule has 0 atom stereocenters. The maximum atomic E-state index is 12.6. The van der Waals surface area contributed by atoms with Gasteiger partial charge in [-0.15, -0.1) is 0 Å². The van der Waals surface area contributed by atoms with Gasteiger partial charge in [0.1, 0.15) is 0 Å². The second-order valence-corrected chi connectivity index (χ2v) is 2.47. The molecule has 0 aliphatic heterocycles. The van der Waals surface area contributed by atoms with Crippen molar-refractivity contribution in [3.05, 3.63) is 0 Å². The van der Waals surface area contributed by atoms with Gasteiger partial charge < -0.3 is 5.32 Å². The summed E-state index contributed by atoms with van der Waals surface area (Å²) in [7, 11) is 0. The lowest BCUT2D eigenvalue weighted by atomic mass is 10.4. The van der Waals surface area contributed by atoms with Crippen LogP contribution >= 0.6 is 0 Å². The minimum atomic E-state index is -4.50. The molecule has 0 aromatic heterocycles. The maximum Gasteiger partial charge on any atom is 0.440 e. The van der Waals surface area contributed by atoms with Gasteiger partial charge in [-0.2, -0.15) is 17.6 Å². The molecule has 0 aliphatic rings. The maximum absolute atomic E-state index is 12.6. The van der Waals surface area contributed by atoms with Crippen molar-refractivity contribution in [1.82, 2.24) is 5.32 Å². The van der Waals surface area contributed by atoms with Gasteiger partial charge in [-0.25, -0.2) is 4.74 Å². The number of hydrogen-bond donors (Lipinski definition) is 1. The fraction of sp³-hybridized carbons (Fsp3) is 0.857. The molecule has 0 fully saturated rings. The number of rotatable bonds is 5. The number of alkyl halides is 4. The molecule has 84 valence electrons. The van der Waals surface area contributed by atoms with E-state index in [9.17, 15) is 22.4 Å². The molecule has 0 rings (SSSR count). The molecular formula is C7H11F4NO2. The van der Waals surface area contributed by atoms with Crippen LogP contribution in [0.4, 0.5) is 17.6 Å². The summed E-state index contributed by atoms with van der Waals surface area (Å²) in [6.45, 7) is 2.26. The largest absolute Gasteiger partial charge is 0.440 e. The van der Waals surface area contributed by atoms with E-state index in [2.05, 4.69) is 4.74 Å². The summed E-state index contributed by atoms with van der Waals surface area (Å²) in [5.41, 5.74) is 0. The quantitative estimate of drug-likeness (QED) is 0.712. The molecule has 0 aliphatic carbocycles. The van der Waals surface area contributed by atoms with Gasteiger partial charge in [0.25, 0.3) is 0 Å². The summed E-state index contributed by atoms with van der Waals surface area (Å²) in [6, 6.07) is 0. The highest BCUT2D eigenvalue weighted by atomic mass is 19.3. The van der Waals surface area contributed by atoms with Crippen molar-refractivity contribution in [2.45, 2.75) is 32.5 Å². The van der Waals surface area contributed by atoms with E-state index in [1.807, 2.05) is 0 Å². The van der Waals surface area contributed by atoms with E-state index in [-0.39, 0.29) is 6.54 Å². The van der Waals surface area contributed by atoms with Crippen LogP contribution in [0.5, 0.6) is 0 Å². The van der Waals surface area contributed by atoms with Crippen LogP contribution in [0.15, 0.2) is 0 Å². The van der Waals surface area contributed by atoms with Crippen LogP contribution in [0.3, 0.4) is 0 Å². The van der Waals surface area contributed by atoms with E-state index in [1.54, 1.807) is 5.32 Å². The number of carbonyl (C=O) groups is 1. The molecule has 0 spiro atoms. The van der Waals surface area contributed by atoms with Crippen molar-refractivity contribution >= 4 is 5.91 Å². The molecule has 14 heavy (non-hydrogen) atoms. The van der Waals surface area contributed by atoms with Crippen molar-refractivity contribution in [1.29, 1.82) is 0 Å². The van der Waals surface area contributed by atoms with E-state index >= 15 is 0 Å². The highest BCUT2D eigenvalue weighted by molar-refractivity contribution is 5.81. The molecule has 0 aromatic rings. The number of hydrogen-bond acceptors (Lipinski definition) is 2. The van der Waals surface area contributed by atoms with Gasteiger partial charge in [-0.1, -0.05) is 6.92 Å². The average Bonchev–Trinajstić information content (AvgIpc) is 2.03. The summed E-state index contributed by atoms with van der Waals surface area (Å²) in [5, 5.41) is 1.69. The van der Waals surface area contributed by atoms with Crippen LogP contribution in [0.25, 0.3) is 0 Å². The van der Waals surface area contributed by atoms with Gasteiger partial charge in [-0.3, -0.25) is 4.79 Å². The molecule has 0 bridgehead atoms. The number of carbonyl (C=O) groups excluding carboxylic acids is 1. The highest BCUT2D eigenvalue weighted by Crippen LogP contribution is 2.29. The van der Waals surface area contributed by atoms with Gasteiger partial charge in [0.2, 0.25) is 0 Å². The first kappa shape index (κ1) is 13.2. The van der Waals surface area contributed by atoms with E-state index < -0.39 is 24.5 Å². The zero-order valence-corrected chi connectivity index (χ0v) is 7.74. The summed E-state index contributed by atoms with van der Waals surface area (Å²) in [4.78, 5) is 10.5. The van der Waals surface area contributed by atoms with Crippen molar-refractivity contribution in [2.24, 2.45) is 0 Å². The van der Waals surface area contributed by atoms with Crippen molar-refractivity contribution in [3.63, 3.8) is 0 Å². The van der Waals surface area contributed by atoms with Crippen molar-refractivity contribution < 1.29 is 27.1 Å². The van der Waals surface area contributed by atoms with Gasteiger partial charge >= 0.3 is 18.1 Å². The van der Waals surface area contributed by atoms with Gasteiger partial charge in [0, 0.05) is 13.0 Å². The normalized spacial score (nSPS) is 12.7. The monoisotopic (exact) mass is 217 g/mol. The topological polar surface area (TPSA) is 38.3 Å². The Hall–Kier alpha value is -0.850. The molecule has 3 nitrogen and oxygen atoms in total. The third-order valence-corrected chi connectivity index (χ3v) is 1.29. The highest BCUT2D eigenvalue weighted by Gasteiger charge is 2.48. The first-order valence-electron chi connectivity index (χ1n) is 3.99. The standard InChI is InChI=1S/C7H11F4NO2/c1-3-6(8,9)14-7(10,11)5(13)12-4-2/h3-4H2,1-2H3,(H,12,13). The third-order valence-electron chi connectivity index (χ3n) is 1.29. The van der Waals surface area contributed by atoms with Crippen LogP contribution in [-0.4, -0.2) is 24.7 Å². The lowest BCUT2D eigenvalue weighted by molar-refractivity contribution is -0.358. The Morgan fingerprint density at radius 1 is 1.29 bits per heavy atom. The summed E-state index contributed by atoms with van der Waals surface area (Å²) in [6.07, 6.45) is -9.44. The Labute approximate surface area is 78.4 Å². The molecule has 0 heterocycles. The number of halogens is 4. The van der Waals surface area contributed by atoms with Crippen LogP contribution in [0.1, 0.15) is 20.3 Å². The van der Waals surface area contributed by atoms with E-state index in [0.717, 1.165) is 6.92 Å². The van der Waals surface area contributed by atoms with Crippen LogP contribution < -0.4 is 5.32 Å². The van der Waals surface area contributed by atoms with Crippen molar-refractivity contribution in [3.8, 4) is 0 Å². The summed E-state index contributed by atoms with van der Waals surface area (Å²) in [5.74, 6) is -1.87. The van der Waals surface area contributed by atoms with Crippen LogP contribution in [0, 0.1) is 0 Å². The van der Waals surface area contributed by atoms with Crippen LogP contribution in [-0.2, 0) is 9.53 Å². The number of ether oxygens (including phenoxy) is 1. The predicted molar refractivity (Wildman–Crippen MR) is 40.0 cm³/mol. The Balaban J connectivity index is 4.40. The first-order chi connectivity index (χ1) is 6.25. The molecule has 0 saturated heterocycles. The third kappa shape index (κ3) is 3.91. The Morgan fingerprint density at radius 2 is 1.79 bits per heavy atom. The van der Waals surface area contributed by atoms with Crippen LogP contribution in [0.2, 0.25) is 0 Å². The van der Waals surface area contributed by atoms with E-state index in [4.69, 9.17) is 0 Å². The zero-order valence-electron chi connectivity index (χ0n) is 7.74. The molecule has 0 aromatic carbocycles. The van der Waals surface area contributed by atoms with E-state index in [0.29, 0.717) is 0 Å². The lowest BCUT2D eigenvalue weighted by Gasteiger charge is -2.21. The Bertz CT molecular complexity index is 208. The van der Waals surface area contributed by atoms with Gasteiger partial charge in [0.15, 0.2) is 0 Å². The molecule has 0 saturated carbocycles. The van der Waals surface area contributed by atoms with Crippen molar-refractivity contribution in [2.75, 3.05) is 6.54 Å². The molecule has 1 amide bonds. The lowest BCUT2D eigenvalue weighted by Crippen LogP contribution is -2.45. The average molecular weight is 217 g/mol. The molecule has 0 radical (unpaired) electrons. The Morgan fingerprint density at radius 3 is 2.14 bits per heavy atom. The minimum Gasteiger partial charge on any atom is -0.349 e. The molecule has 7 heteroatoms. The fourth-order valence-corrected chi connectivity index (χ4v) is 0.570. The second-order valence-electron chi connectivity index (χ2n) is 2.47. The number of nitrogens with one attached hydrogen (secondary N) is 1. The zero-order chi connectivity index (χ0) is 11.4. The van der Waals surface area contributed by atoms with Gasteiger partial charge in [0.05, 0.1) is 0 Å². The minimum absolute atomic E-state index is 0.0878. The summed E-state index contributed by atoms with van der Waals surface area (Å²) >= 11 is 0. The Kier molecular flexibility index (Phi) is 4.31. The number of amides is 1. The fourth-order valence-electron chi connectivity index (χ4n) is 0.570. The SMILES string of the molecule is CCNC(=O)C(F)(F)OC(F)(F)CC. The molecule has 0 unspecified atom stereocenters. The summed E-state index contributed by atoms with van der Waals surface area (Å²) < 4.78 is 53.0. The first-order valence-corrected chi connectivity index (χ1v) is 3.99. The predicted octanol–water partition coefficient (Wildman–Crippen LogP) is 1.73. The molecule has 1 N–H and O–H groups in total.